The molecule has 0 radical (unpaired) electrons. The Morgan fingerprint density at radius 3 is 2.50 bits per heavy atom. The normalized spacial score (nSPS) is 10.9. The number of non-ortho nitro benzene ring substituents is 1. The van der Waals surface area contributed by atoms with Crippen molar-refractivity contribution in [3.05, 3.63) is 103 Å². The molecule has 3 aromatic carbocycles. The zero-order chi connectivity index (χ0) is 24.7. The van der Waals surface area contributed by atoms with Crippen molar-refractivity contribution in [2.24, 2.45) is 0 Å². The number of ether oxygens (including phenoxy) is 2. The van der Waals surface area contributed by atoms with Crippen molar-refractivity contribution in [2.75, 3.05) is 7.11 Å². The second kappa shape index (κ2) is 11.3. The number of benzene rings is 3. The van der Waals surface area contributed by atoms with Gasteiger partial charge in [-0.05, 0) is 64.1 Å². The lowest BCUT2D eigenvalue weighted by Gasteiger charge is -2.14. The number of nitro groups is 1. The minimum absolute atomic E-state index is 0.0398. The average Bonchev–Trinajstić information content (AvgIpc) is 2.83. The first-order valence-electron chi connectivity index (χ1n) is 9.83. The van der Waals surface area contributed by atoms with Crippen LogP contribution in [0.3, 0.4) is 0 Å². The quantitative estimate of drug-likeness (QED) is 0.165. The van der Waals surface area contributed by atoms with Crippen molar-refractivity contribution >= 4 is 46.2 Å². The molecule has 0 aromatic heterocycles. The highest BCUT2D eigenvalue weighted by molar-refractivity contribution is 14.1. The summed E-state index contributed by atoms with van der Waals surface area (Å²) in [6.07, 6.45) is 1.32. The fourth-order valence-electron chi connectivity index (χ4n) is 2.98. The second-order valence-corrected chi connectivity index (χ2v) is 8.10. The Morgan fingerprint density at radius 2 is 1.85 bits per heavy atom. The van der Waals surface area contributed by atoms with Gasteiger partial charge in [0.25, 0.3) is 11.6 Å². The van der Waals surface area contributed by atoms with Gasteiger partial charge in [0.05, 0.1) is 15.6 Å². The molecular formula is C24H19IN2O7. The van der Waals surface area contributed by atoms with Crippen LogP contribution in [-0.2, 0) is 11.4 Å². The van der Waals surface area contributed by atoms with Gasteiger partial charge in [0.2, 0.25) is 0 Å². The molecule has 0 aliphatic carbocycles. The Balaban J connectivity index is 1.84. The van der Waals surface area contributed by atoms with Crippen LogP contribution in [0.2, 0.25) is 0 Å². The molecule has 0 unspecified atom stereocenters. The molecule has 34 heavy (non-hydrogen) atoms. The molecule has 3 rings (SSSR count). The Kier molecular flexibility index (Phi) is 8.19. The van der Waals surface area contributed by atoms with Crippen LogP contribution >= 0.6 is 22.6 Å². The maximum atomic E-state index is 12.4. The van der Waals surface area contributed by atoms with Crippen LogP contribution in [0.5, 0.6) is 11.5 Å². The molecule has 0 aliphatic heterocycles. The summed E-state index contributed by atoms with van der Waals surface area (Å²) in [6.45, 7) is 0.0662. The molecule has 174 valence electrons. The van der Waals surface area contributed by atoms with Crippen LogP contribution in [0.1, 0.15) is 21.5 Å². The number of hydrogen-bond donors (Lipinski definition) is 2. The maximum Gasteiger partial charge on any atom is 0.352 e. The molecular weight excluding hydrogens is 555 g/mol. The fourth-order valence-corrected chi connectivity index (χ4v) is 3.76. The van der Waals surface area contributed by atoms with Gasteiger partial charge in [-0.1, -0.05) is 30.3 Å². The van der Waals surface area contributed by atoms with Crippen molar-refractivity contribution in [3.8, 4) is 11.5 Å². The van der Waals surface area contributed by atoms with Crippen molar-refractivity contribution in [2.45, 2.75) is 6.61 Å². The predicted octanol–water partition coefficient (Wildman–Crippen LogP) is 4.64. The van der Waals surface area contributed by atoms with Crippen molar-refractivity contribution in [1.29, 1.82) is 0 Å². The lowest BCUT2D eigenvalue weighted by Crippen LogP contribution is -2.27. The Morgan fingerprint density at radius 1 is 1.12 bits per heavy atom. The van der Waals surface area contributed by atoms with E-state index in [0.29, 0.717) is 31.8 Å². The highest BCUT2D eigenvalue weighted by atomic mass is 127. The van der Waals surface area contributed by atoms with E-state index in [4.69, 9.17) is 9.47 Å². The average molecular weight is 574 g/mol. The van der Waals surface area contributed by atoms with Gasteiger partial charge >= 0.3 is 5.97 Å². The van der Waals surface area contributed by atoms with E-state index in [1.807, 2.05) is 22.6 Å². The Bertz CT molecular complexity index is 1260. The van der Waals surface area contributed by atoms with Gasteiger partial charge in [-0.2, -0.15) is 0 Å². The summed E-state index contributed by atoms with van der Waals surface area (Å²) in [5.41, 5.74) is 1.05. The molecule has 9 nitrogen and oxygen atoms in total. The standard InChI is InChI=1S/C24H19IN2O7/c1-33-21-13-16(12-20(24(29)30)26-23(28)17-7-3-2-4-8-17)11-19(25)22(21)34-14-15-6-5-9-18(10-15)27(31)32/h2-13H,14H2,1H3,(H,26,28)(H,29,30). The molecule has 0 atom stereocenters. The van der Waals surface area contributed by atoms with Crippen LogP contribution in [-0.4, -0.2) is 29.0 Å². The first-order chi connectivity index (χ1) is 16.3. The van der Waals surface area contributed by atoms with Gasteiger partial charge in [-0.15, -0.1) is 0 Å². The van der Waals surface area contributed by atoms with E-state index in [-0.39, 0.29) is 18.0 Å². The number of nitrogens with zero attached hydrogens (tertiary/aromatic N) is 1. The van der Waals surface area contributed by atoms with Gasteiger partial charge < -0.3 is 19.9 Å². The molecule has 1 amide bonds. The number of carbonyl (C=O) groups is 2. The minimum Gasteiger partial charge on any atom is -0.493 e. The number of carboxylic acid groups (broad SMARTS) is 1. The highest BCUT2D eigenvalue weighted by Gasteiger charge is 2.16. The first kappa shape index (κ1) is 24.7. The zero-order valence-corrected chi connectivity index (χ0v) is 20.0. The SMILES string of the molecule is COc1cc(C=C(NC(=O)c2ccccc2)C(=O)O)cc(I)c1OCc1cccc([N+](=O)[O-])c1. The first-order valence-corrected chi connectivity index (χ1v) is 10.9. The minimum atomic E-state index is -1.30. The second-order valence-electron chi connectivity index (χ2n) is 6.93. The van der Waals surface area contributed by atoms with E-state index < -0.39 is 16.8 Å². The molecule has 2 N–H and O–H groups in total. The summed E-state index contributed by atoms with van der Waals surface area (Å²) >= 11 is 2.02. The van der Waals surface area contributed by atoms with E-state index in [1.165, 1.54) is 25.3 Å². The number of carbonyl (C=O) groups excluding carboxylic acids is 1. The van der Waals surface area contributed by atoms with E-state index in [2.05, 4.69) is 5.32 Å². The van der Waals surface area contributed by atoms with Crippen LogP contribution in [0.4, 0.5) is 5.69 Å². The lowest BCUT2D eigenvalue weighted by atomic mass is 10.1. The Hall–Kier alpha value is -3.93. The number of hydrogen-bond acceptors (Lipinski definition) is 6. The number of rotatable bonds is 9. The van der Waals surface area contributed by atoms with E-state index in [1.54, 1.807) is 54.6 Å². The van der Waals surface area contributed by atoms with Crippen molar-refractivity contribution in [1.82, 2.24) is 5.32 Å². The Labute approximate surface area is 208 Å². The number of halogens is 1. The largest absolute Gasteiger partial charge is 0.493 e. The fraction of sp³-hybridized carbons (Fsp3) is 0.0833. The summed E-state index contributed by atoms with van der Waals surface area (Å²) in [6, 6.07) is 17.6. The van der Waals surface area contributed by atoms with Crippen LogP contribution < -0.4 is 14.8 Å². The van der Waals surface area contributed by atoms with Crippen LogP contribution in [0.15, 0.2) is 72.4 Å². The summed E-state index contributed by atoms with van der Waals surface area (Å²) in [5, 5.41) is 22.9. The predicted molar refractivity (Wildman–Crippen MR) is 133 cm³/mol. The van der Waals surface area contributed by atoms with Crippen LogP contribution in [0, 0.1) is 13.7 Å². The molecule has 0 spiro atoms. The van der Waals surface area contributed by atoms with Gasteiger partial charge in [0, 0.05) is 17.7 Å². The summed E-state index contributed by atoms with van der Waals surface area (Å²) in [7, 11) is 1.44. The van der Waals surface area contributed by atoms with Gasteiger partial charge in [0.15, 0.2) is 11.5 Å². The van der Waals surface area contributed by atoms with Gasteiger partial charge in [-0.3, -0.25) is 14.9 Å². The topological polar surface area (TPSA) is 128 Å². The zero-order valence-electron chi connectivity index (χ0n) is 17.9. The molecule has 10 heteroatoms. The van der Waals surface area contributed by atoms with Gasteiger partial charge in [0.1, 0.15) is 12.3 Å². The molecule has 0 heterocycles. The van der Waals surface area contributed by atoms with Crippen molar-refractivity contribution in [3.63, 3.8) is 0 Å². The molecule has 0 fully saturated rings. The molecule has 0 bridgehead atoms. The monoisotopic (exact) mass is 574 g/mol. The number of nitrogens with one attached hydrogen (secondary N) is 1. The number of carboxylic acids is 1. The van der Waals surface area contributed by atoms with E-state index in [9.17, 15) is 24.8 Å². The third-order valence-electron chi connectivity index (χ3n) is 4.58. The number of aliphatic carboxylic acids is 1. The number of amides is 1. The summed E-state index contributed by atoms with van der Waals surface area (Å²) in [4.78, 5) is 34.6. The summed E-state index contributed by atoms with van der Waals surface area (Å²) < 4.78 is 11.9. The summed E-state index contributed by atoms with van der Waals surface area (Å²) in [5.74, 6) is -1.11. The molecule has 0 saturated carbocycles. The highest BCUT2D eigenvalue weighted by Crippen LogP contribution is 2.35. The van der Waals surface area contributed by atoms with Crippen LogP contribution in [0.25, 0.3) is 6.08 Å². The molecule has 3 aromatic rings. The molecule has 0 saturated heterocycles. The van der Waals surface area contributed by atoms with E-state index >= 15 is 0 Å². The number of methoxy groups -OCH3 is 1. The third kappa shape index (κ3) is 6.32. The number of nitro benzene ring substituents is 1. The van der Waals surface area contributed by atoms with E-state index in [0.717, 1.165) is 0 Å². The van der Waals surface area contributed by atoms with Crippen molar-refractivity contribution < 1.29 is 29.1 Å². The smallest absolute Gasteiger partial charge is 0.352 e. The maximum absolute atomic E-state index is 12.4. The molecule has 0 aliphatic rings. The lowest BCUT2D eigenvalue weighted by molar-refractivity contribution is -0.384. The van der Waals surface area contributed by atoms with Gasteiger partial charge in [-0.25, -0.2) is 4.79 Å². The third-order valence-corrected chi connectivity index (χ3v) is 5.38.